The van der Waals surface area contributed by atoms with Gasteiger partial charge in [-0.15, -0.1) is 24.0 Å². The van der Waals surface area contributed by atoms with Crippen molar-refractivity contribution >= 4 is 29.9 Å². The van der Waals surface area contributed by atoms with Crippen molar-refractivity contribution in [3.8, 4) is 5.69 Å². The van der Waals surface area contributed by atoms with E-state index in [1.54, 1.807) is 12.5 Å². The topological polar surface area (TPSA) is 74.5 Å². The van der Waals surface area contributed by atoms with Gasteiger partial charge in [0.25, 0.3) is 0 Å². The molecule has 0 fully saturated rings. The Morgan fingerprint density at radius 2 is 2.04 bits per heavy atom. The molecule has 0 aliphatic rings. The summed E-state index contributed by atoms with van der Waals surface area (Å²) in [6.45, 7) is 6.70. The number of benzene rings is 1. The summed E-state index contributed by atoms with van der Waals surface area (Å²) in [7, 11) is 0. The number of para-hydroxylation sites is 1. The standard InChI is InChI=1S/C20H31N5O.HI/c1-3-7-17(10-13-26)14-23-20(22-4-2)24-15-18-8-5-6-9-19(18)25-12-11-21-16-25;/h5-6,8-9,11-12,16-17,26H,3-4,7,10,13-15H2,1-2H3,(H2,22,23,24);1H. The number of guanidine groups is 1. The van der Waals surface area contributed by atoms with E-state index in [1.165, 1.54) is 0 Å². The van der Waals surface area contributed by atoms with Gasteiger partial charge in [0, 0.05) is 32.1 Å². The van der Waals surface area contributed by atoms with E-state index < -0.39 is 0 Å². The Labute approximate surface area is 179 Å². The van der Waals surface area contributed by atoms with Gasteiger partial charge in [-0.25, -0.2) is 9.98 Å². The van der Waals surface area contributed by atoms with Crippen LogP contribution in [0.2, 0.25) is 0 Å². The number of aliphatic hydroxyl groups is 1. The van der Waals surface area contributed by atoms with Crippen LogP contribution < -0.4 is 10.6 Å². The van der Waals surface area contributed by atoms with E-state index in [1.807, 2.05) is 22.9 Å². The molecule has 0 bridgehead atoms. The Kier molecular flexibility index (Phi) is 11.8. The zero-order chi connectivity index (χ0) is 18.6. The highest BCUT2D eigenvalue weighted by atomic mass is 127. The minimum atomic E-state index is 0. The quantitative estimate of drug-likeness (QED) is 0.274. The molecule has 7 heteroatoms. The van der Waals surface area contributed by atoms with E-state index in [2.05, 4.69) is 41.6 Å². The van der Waals surface area contributed by atoms with Crippen LogP contribution >= 0.6 is 24.0 Å². The van der Waals surface area contributed by atoms with Gasteiger partial charge in [0.15, 0.2) is 5.96 Å². The molecule has 0 radical (unpaired) electrons. The molecule has 1 unspecified atom stereocenters. The minimum absolute atomic E-state index is 0. The number of hydrogen-bond acceptors (Lipinski definition) is 3. The van der Waals surface area contributed by atoms with E-state index >= 15 is 0 Å². The molecule has 3 N–H and O–H groups in total. The van der Waals surface area contributed by atoms with E-state index in [4.69, 9.17) is 4.99 Å². The Balaban J connectivity index is 0.00000364. The fraction of sp³-hybridized carbons (Fsp3) is 0.500. The van der Waals surface area contributed by atoms with Gasteiger partial charge in [0.1, 0.15) is 0 Å². The van der Waals surface area contributed by atoms with Gasteiger partial charge in [-0.2, -0.15) is 0 Å². The summed E-state index contributed by atoms with van der Waals surface area (Å²) >= 11 is 0. The molecule has 0 aliphatic heterocycles. The number of aliphatic hydroxyl groups excluding tert-OH is 1. The average Bonchev–Trinajstić information content (AvgIpc) is 3.19. The SMILES string of the molecule is CCCC(CCO)CNC(=NCc1ccccc1-n1ccnc1)NCC.I. The number of halogens is 1. The highest BCUT2D eigenvalue weighted by Crippen LogP contribution is 2.15. The summed E-state index contributed by atoms with van der Waals surface area (Å²) < 4.78 is 2.00. The molecule has 1 atom stereocenters. The molecule has 0 aliphatic carbocycles. The second-order valence-electron chi connectivity index (χ2n) is 6.34. The number of rotatable bonds is 10. The van der Waals surface area contributed by atoms with Crippen LogP contribution in [0.15, 0.2) is 48.0 Å². The Morgan fingerprint density at radius 1 is 1.22 bits per heavy atom. The van der Waals surface area contributed by atoms with Crippen LogP contribution in [-0.2, 0) is 6.54 Å². The lowest BCUT2D eigenvalue weighted by atomic mass is 10.0. The molecule has 2 aromatic rings. The smallest absolute Gasteiger partial charge is 0.191 e. The fourth-order valence-electron chi connectivity index (χ4n) is 2.98. The van der Waals surface area contributed by atoms with Gasteiger partial charge < -0.3 is 20.3 Å². The lowest BCUT2D eigenvalue weighted by Crippen LogP contribution is -2.40. The second-order valence-corrected chi connectivity index (χ2v) is 6.34. The Morgan fingerprint density at radius 3 is 2.70 bits per heavy atom. The van der Waals surface area contributed by atoms with E-state index in [-0.39, 0.29) is 30.6 Å². The van der Waals surface area contributed by atoms with Crippen LogP contribution in [0.5, 0.6) is 0 Å². The molecule has 1 heterocycles. The summed E-state index contributed by atoms with van der Waals surface area (Å²) in [6, 6.07) is 8.22. The van der Waals surface area contributed by atoms with Gasteiger partial charge >= 0.3 is 0 Å². The van der Waals surface area contributed by atoms with Gasteiger partial charge in [-0.05, 0) is 37.3 Å². The van der Waals surface area contributed by atoms with E-state index in [0.717, 1.165) is 49.6 Å². The van der Waals surface area contributed by atoms with Crippen LogP contribution in [0, 0.1) is 5.92 Å². The third kappa shape index (κ3) is 7.88. The van der Waals surface area contributed by atoms with Crippen molar-refractivity contribution < 1.29 is 5.11 Å². The summed E-state index contributed by atoms with van der Waals surface area (Å²) in [4.78, 5) is 8.87. The summed E-state index contributed by atoms with van der Waals surface area (Å²) in [6.07, 6.45) is 8.58. The fourth-order valence-corrected chi connectivity index (χ4v) is 2.98. The van der Waals surface area contributed by atoms with Gasteiger partial charge in [-0.3, -0.25) is 0 Å². The maximum Gasteiger partial charge on any atom is 0.191 e. The van der Waals surface area contributed by atoms with Crippen LogP contribution in [0.4, 0.5) is 0 Å². The first kappa shape index (κ1) is 23.4. The highest BCUT2D eigenvalue weighted by molar-refractivity contribution is 14.0. The second kappa shape index (κ2) is 13.5. The molecule has 150 valence electrons. The van der Waals surface area contributed by atoms with Crippen molar-refractivity contribution in [1.82, 2.24) is 20.2 Å². The van der Waals surface area contributed by atoms with Gasteiger partial charge in [0.05, 0.1) is 18.6 Å². The predicted octanol–water partition coefficient (Wildman–Crippen LogP) is 3.34. The maximum absolute atomic E-state index is 9.22. The van der Waals surface area contributed by atoms with Gasteiger partial charge in [0.2, 0.25) is 0 Å². The first-order valence-corrected chi connectivity index (χ1v) is 9.47. The maximum atomic E-state index is 9.22. The zero-order valence-electron chi connectivity index (χ0n) is 16.3. The lowest BCUT2D eigenvalue weighted by Gasteiger charge is -2.18. The summed E-state index contributed by atoms with van der Waals surface area (Å²) in [5.41, 5.74) is 2.23. The van der Waals surface area contributed by atoms with E-state index in [0.29, 0.717) is 12.5 Å². The number of hydrogen-bond donors (Lipinski definition) is 3. The monoisotopic (exact) mass is 485 g/mol. The third-order valence-electron chi connectivity index (χ3n) is 4.32. The van der Waals surface area contributed by atoms with Crippen LogP contribution in [0.25, 0.3) is 5.69 Å². The largest absolute Gasteiger partial charge is 0.396 e. The Hall–Kier alpha value is -1.61. The zero-order valence-corrected chi connectivity index (χ0v) is 18.6. The third-order valence-corrected chi connectivity index (χ3v) is 4.32. The Bertz CT molecular complexity index is 654. The first-order valence-electron chi connectivity index (χ1n) is 9.47. The molecule has 0 amide bonds. The molecule has 0 spiro atoms. The van der Waals surface area contributed by atoms with Crippen molar-refractivity contribution in [3.63, 3.8) is 0 Å². The van der Waals surface area contributed by atoms with Crippen LogP contribution in [-0.4, -0.2) is 40.3 Å². The van der Waals surface area contributed by atoms with Gasteiger partial charge in [-0.1, -0.05) is 31.5 Å². The summed E-state index contributed by atoms with van der Waals surface area (Å²) in [5.74, 6) is 1.28. The van der Waals surface area contributed by atoms with Crippen molar-refractivity contribution in [3.05, 3.63) is 48.5 Å². The van der Waals surface area contributed by atoms with Crippen molar-refractivity contribution in [2.75, 3.05) is 19.7 Å². The molecule has 2 rings (SSSR count). The lowest BCUT2D eigenvalue weighted by molar-refractivity contribution is 0.251. The normalized spacial score (nSPS) is 12.3. The minimum Gasteiger partial charge on any atom is -0.396 e. The molecule has 27 heavy (non-hydrogen) atoms. The van der Waals surface area contributed by atoms with Crippen LogP contribution in [0.1, 0.15) is 38.7 Å². The summed E-state index contributed by atoms with van der Waals surface area (Å²) in [5, 5.41) is 16.0. The predicted molar refractivity (Wildman–Crippen MR) is 122 cm³/mol. The highest BCUT2D eigenvalue weighted by Gasteiger charge is 2.09. The molecule has 1 aromatic heterocycles. The number of aliphatic imine (C=N–C) groups is 1. The van der Waals surface area contributed by atoms with Crippen molar-refractivity contribution in [1.29, 1.82) is 0 Å². The molecule has 0 saturated heterocycles. The molecule has 6 nitrogen and oxygen atoms in total. The van der Waals surface area contributed by atoms with Crippen molar-refractivity contribution in [2.24, 2.45) is 10.9 Å². The first-order chi connectivity index (χ1) is 12.8. The molecule has 1 aromatic carbocycles. The van der Waals surface area contributed by atoms with E-state index in [9.17, 15) is 5.11 Å². The van der Waals surface area contributed by atoms with Crippen LogP contribution in [0.3, 0.4) is 0 Å². The molecular formula is C20H32IN5O. The molecule has 0 saturated carbocycles. The average molecular weight is 485 g/mol. The number of nitrogens with zero attached hydrogens (tertiary/aromatic N) is 3. The molecular weight excluding hydrogens is 453 g/mol. The number of aromatic nitrogens is 2. The number of nitrogens with one attached hydrogen (secondary N) is 2. The number of imidazole rings is 1. The van der Waals surface area contributed by atoms with Crippen molar-refractivity contribution in [2.45, 2.75) is 39.7 Å².